The van der Waals surface area contributed by atoms with Crippen LogP contribution in [0.25, 0.3) is 21.8 Å². The minimum atomic E-state index is -0.0502. The first-order valence-corrected chi connectivity index (χ1v) is 6.73. The molecule has 1 N–H and O–H groups in total. The van der Waals surface area contributed by atoms with E-state index in [1.54, 1.807) is 29.7 Å². The van der Waals surface area contributed by atoms with Gasteiger partial charge in [-0.25, -0.2) is 4.98 Å². The highest BCUT2D eigenvalue weighted by Gasteiger charge is 2.21. The molecule has 0 radical (unpaired) electrons. The Balaban J connectivity index is 2.03. The van der Waals surface area contributed by atoms with Crippen LogP contribution in [-0.4, -0.2) is 9.97 Å². The van der Waals surface area contributed by atoms with Crippen molar-refractivity contribution in [2.45, 2.75) is 19.3 Å². The van der Waals surface area contributed by atoms with Gasteiger partial charge in [0.1, 0.15) is 4.83 Å². The van der Waals surface area contributed by atoms with Crippen molar-refractivity contribution in [1.82, 2.24) is 9.97 Å². The Labute approximate surface area is 106 Å². The van der Waals surface area contributed by atoms with E-state index in [9.17, 15) is 4.79 Å². The van der Waals surface area contributed by atoms with Gasteiger partial charge in [-0.15, -0.1) is 11.3 Å². The SMILES string of the molecule is O=c1[nH]c(-c2ccco2)nc2sc3c(c12)CCC3. The van der Waals surface area contributed by atoms with E-state index in [1.807, 2.05) is 0 Å². The minimum Gasteiger partial charge on any atom is -0.461 e. The van der Waals surface area contributed by atoms with Crippen LogP contribution in [0.1, 0.15) is 16.9 Å². The maximum atomic E-state index is 12.2. The van der Waals surface area contributed by atoms with Gasteiger partial charge in [0.15, 0.2) is 11.6 Å². The summed E-state index contributed by atoms with van der Waals surface area (Å²) in [6.07, 6.45) is 4.80. The topological polar surface area (TPSA) is 58.9 Å². The summed E-state index contributed by atoms with van der Waals surface area (Å²) >= 11 is 1.64. The van der Waals surface area contributed by atoms with Gasteiger partial charge < -0.3 is 9.40 Å². The molecular formula is C13H10N2O2S. The molecule has 5 heteroatoms. The Bertz CT molecular complexity index is 783. The van der Waals surface area contributed by atoms with Crippen LogP contribution in [0.3, 0.4) is 0 Å². The summed E-state index contributed by atoms with van der Waals surface area (Å²) in [6.45, 7) is 0. The fourth-order valence-corrected chi connectivity index (χ4v) is 3.79. The average Bonchev–Trinajstić information content (AvgIpc) is 3.04. The zero-order valence-corrected chi connectivity index (χ0v) is 10.3. The maximum Gasteiger partial charge on any atom is 0.260 e. The number of furan rings is 1. The number of aromatic amines is 1. The lowest BCUT2D eigenvalue weighted by Crippen LogP contribution is -2.09. The number of rotatable bonds is 1. The highest BCUT2D eigenvalue weighted by molar-refractivity contribution is 7.18. The van der Waals surface area contributed by atoms with E-state index in [0.717, 1.165) is 29.5 Å². The molecule has 0 atom stereocenters. The molecular weight excluding hydrogens is 248 g/mol. The lowest BCUT2D eigenvalue weighted by molar-refractivity contribution is 0.577. The van der Waals surface area contributed by atoms with Gasteiger partial charge in [-0.3, -0.25) is 4.79 Å². The molecule has 18 heavy (non-hydrogen) atoms. The van der Waals surface area contributed by atoms with Crippen molar-refractivity contribution < 1.29 is 4.42 Å². The summed E-state index contributed by atoms with van der Waals surface area (Å²) in [5, 5.41) is 0.780. The summed E-state index contributed by atoms with van der Waals surface area (Å²) in [4.78, 5) is 21.7. The van der Waals surface area contributed by atoms with Gasteiger partial charge in [-0.05, 0) is 37.0 Å². The lowest BCUT2D eigenvalue weighted by atomic mass is 10.2. The predicted molar refractivity (Wildman–Crippen MR) is 70.0 cm³/mol. The second-order valence-electron chi connectivity index (χ2n) is 4.43. The Morgan fingerprint density at radius 3 is 3.17 bits per heavy atom. The molecule has 1 aliphatic carbocycles. The van der Waals surface area contributed by atoms with Gasteiger partial charge in [0, 0.05) is 4.88 Å². The second kappa shape index (κ2) is 3.55. The van der Waals surface area contributed by atoms with Gasteiger partial charge in [0.05, 0.1) is 11.6 Å². The van der Waals surface area contributed by atoms with Gasteiger partial charge in [-0.1, -0.05) is 0 Å². The smallest absolute Gasteiger partial charge is 0.260 e. The fourth-order valence-electron chi connectivity index (χ4n) is 2.53. The highest BCUT2D eigenvalue weighted by atomic mass is 32.1. The molecule has 0 aliphatic heterocycles. The van der Waals surface area contributed by atoms with Crippen LogP contribution in [0.15, 0.2) is 27.6 Å². The molecule has 0 saturated heterocycles. The number of thiophene rings is 1. The van der Waals surface area contributed by atoms with E-state index in [4.69, 9.17) is 4.42 Å². The molecule has 0 bridgehead atoms. The van der Waals surface area contributed by atoms with E-state index >= 15 is 0 Å². The number of nitrogens with zero attached hydrogens (tertiary/aromatic N) is 1. The van der Waals surface area contributed by atoms with Crippen LogP contribution in [0.4, 0.5) is 0 Å². The van der Waals surface area contributed by atoms with Crippen LogP contribution in [0.2, 0.25) is 0 Å². The number of aromatic nitrogens is 2. The Morgan fingerprint density at radius 1 is 1.39 bits per heavy atom. The number of hydrogen-bond acceptors (Lipinski definition) is 4. The number of nitrogens with one attached hydrogen (secondary N) is 1. The van der Waals surface area contributed by atoms with Crippen molar-refractivity contribution in [2.24, 2.45) is 0 Å². The molecule has 0 fully saturated rings. The van der Waals surface area contributed by atoms with Gasteiger partial charge in [0.2, 0.25) is 0 Å². The molecule has 4 nitrogen and oxygen atoms in total. The summed E-state index contributed by atoms with van der Waals surface area (Å²) in [5.41, 5.74) is 1.15. The fraction of sp³-hybridized carbons (Fsp3) is 0.231. The lowest BCUT2D eigenvalue weighted by Gasteiger charge is -1.97. The van der Waals surface area contributed by atoms with Crippen LogP contribution >= 0.6 is 11.3 Å². The first-order chi connectivity index (χ1) is 8.83. The summed E-state index contributed by atoms with van der Waals surface area (Å²) in [5.74, 6) is 1.11. The molecule has 0 unspecified atom stereocenters. The van der Waals surface area contributed by atoms with Crippen molar-refractivity contribution in [1.29, 1.82) is 0 Å². The molecule has 0 amide bonds. The summed E-state index contributed by atoms with van der Waals surface area (Å²) in [7, 11) is 0. The minimum absolute atomic E-state index is 0.0502. The molecule has 90 valence electrons. The van der Waals surface area contributed by atoms with E-state index in [-0.39, 0.29) is 5.56 Å². The predicted octanol–water partition coefficient (Wildman–Crippen LogP) is 2.73. The second-order valence-corrected chi connectivity index (χ2v) is 5.51. The van der Waals surface area contributed by atoms with Gasteiger partial charge in [-0.2, -0.15) is 0 Å². The normalized spacial score (nSPS) is 14.2. The van der Waals surface area contributed by atoms with Crippen molar-refractivity contribution in [3.8, 4) is 11.6 Å². The Hall–Kier alpha value is -1.88. The van der Waals surface area contributed by atoms with E-state index in [1.165, 1.54) is 10.4 Å². The number of aryl methyl sites for hydroxylation is 2. The average molecular weight is 258 g/mol. The Kier molecular flexibility index (Phi) is 1.99. The first-order valence-electron chi connectivity index (χ1n) is 5.91. The number of H-pyrrole nitrogens is 1. The molecule has 1 aliphatic rings. The molecule has 0 spiro atoms. The molecule has 0 saturated carbocycles. The summed E-state index contributed by atoms with van der Waals surface area (Å²) in [6, 6.07) is 3.58. The molecule has 3 aromatic rings. The summed E-state index contributed by atoms with van der Waals surface area (Å²) < 4.78 is 5.27. The standard InChI is InChI=1S/C13H10N2O2S/c16-12-10-7-3-1-5-9(7)18-13(10)15-11(14-12)8-4-2-6-17-8/h2,4,6H,1,3,5H2,(H,14,15,16). The van der Waals surface area contributed by atoms with Gasteiger partial charge in [0.25, 0.3) is 5.56 Å². The van der Waals surface area contributed by atoms with E-state index < -0.39 is 0 Å². The van der Waals surface area contributed by atoms with Gasteiger partial charge >= 0.3 is 0 Å². The highest BCUT2D eigenvalue weighted by Crippen LogP contribution is 2.35. The molecule has 3 aromatic heterocycles. The molecule has 4 rings (SSSR count). The van der Waals surface area contributed by atoms with Crippen LogP contribution in [-0.2, 0) is 12.8 Å². The van der Waals surface area contributed by atoms with Crippen molar-refractivity contribution in [3.63, 3.8) is 0 Å². The third kappa shape index (κ3) is 1.31. The van der Waals surface area contributed by atoms with Crippen molar-refractivity contribution >= 4 is 21.6 Å². The van der Waals surface area contributed by atoms with Crippen molar-refractivity contribution in [3.05, 3.63) is 39.2 Å². The third-order valence-electron chi connectivity index (χ3n) is 3.33. The van der Waals surface area contributed by atoms with Crippen LogP contribution < -0.4 is 5.56 Å². The maximum absolute atomic E-state index is 12.2. The first kappa shape index (κ1) is 10.1. The zero-order chi connectivity index (χ0) is 12.1. The van der Waals surface area contributed by atoms with E-state index in [0.29, 0.717) is 11.6 Å². The molecule has 3 heterocycles. The van der Waals surface area contributed by atoms with E-state index in [2.05, 4.69) is 9.97 Å². The van der Waals surface area contributed by atoms with Crippen molar-refractivity contribution in [2.75, 3.05) is 0 Å². The largest absolute Gasteiger partial charge is 0.461 e. The van der Waals surface area contributed by atoms with Crippen LogP contribution in [0.5, 0.6) is 0 Å². The Morgan fingerprint density at radius 2 is 2.33 bits per heavy atom. The third-order valence-corrected chi connectivity index (χ3v) is 4.52. The van der Waals surface area contributed by atoms with Crippen LogP contribution in [0, 0.1) is 0 Å². The monoisotopic (exact) mass is 258 g/mol. The quantitative estimate of drug-likeness (QED) is 0.730. The molecule has 0 aromatic carbocycles. The number of fused-ring (bicyclic) bond motifs is 3. The number of hydrogen-bond donors (Lipinski definition) is 1. The zero-order valence-electron chi connectivity index (χ0n) is 9.53.